The molecule has 0 aliphatic carbocycles. The first kappa shape index (κ1) is 14.0. The maximum absolute atomic E-state index is 11.9. The third kappa shape index (κ3) is 2.96. The van der Waals surface area contributed by atoms with Crippen molar-refractivity contribution in [3.63, 3.8) is 0 Å². The Morgan fingerprint density at radius 3 is 2.85 bits per heavy atom. The maximum Gasteiger partial charge on any atom is 0.271 e. The molecule has 1 aromatic heterocycles. The molecule has 0 spiro atoms. The zero-order valence-electron chi connectivity index (χ0n) is 11.5. The Morgan fingerprint density at radius 1 is 1.45 bits per heavy atom. The van der Waals surface area contributed by atoms with Gasteiger partial charge in [-0.3, -0.25) is 14.9 Å². The normalized spacial score (nSPS) is 12.3. The van der Waals surface area contributed by atoms with E-state index in [1.165, 1.54) is 12.1 Å². The van der Waals surface area contributed by atoms with Crippen LogP contribution in [0.15, 0.2) is 30.5 Å². The number of nitro benzene ring substituents is 1. The van der Waals surface area contributed by atoms with Gasteiger partial charge in [0.2, 0.25) is 5.91 Å². The van der Waals surface area contributed by atoms with Gasteiger partial charge in [0.1, 0.15) is 6.54 Å². The molecular weight excluding hydrogens is 258 g/mol. The molecule has 0 radical (unpaired) electrons. The predicted molar refractivity (Wildman–Crippen MR) is 76.5 cm³/mol. The third-order valence-electron chi connectivity index (χ3n) is 3.30. The number of fused-ring (bicyclic) bond motifs is 1. The Bertz CT molecular complexity index is 648. The molecule has 1 amide bonds. The first-order valence-electron chi connectivity index (χ1n) is 6.54. The summed E-state index contributed by atoms with van der Waals surface area (Å²) in [6.07, 6.45) is 2.63. The van der Waals surface area contributed by atoms with Crippen LogP contribution in [0.3, 0.4) is 0 Å². The standard InChI is InChI=1S/C14H17N3O3/c1-3-10(2)15-14(18)9-16-7-6-11-4-5-12(17(19)20)8-13(11)16/h4-8,10H,3,9H2,1-2H3,(H,15,18). The van der Waals surface area contributed by atoms with Crippen LogP contribution < -0.4 is 5.32 Å². The lowest BCUT2D eigenvalue weighted by atomic mass is 10.2. The van der Waals surface area contributed by atoms with Gasteiger partial charge >= 0.3 is 0 Å². The van der Waals surface area contributed by atoms with Crippen molar-refractivity contribution in [1.29, 1.82) is 0 Å². The number of carbonyl (C=O) groups is 1. The number of nitro groups is 1. The Morgan fingerprint density at radius 2 is 2.20 bits per heavy atom. The molecule has 0 fully saturated rings. The number of non-ortho nitro benzene ring substituents is 1. The first-order chi connectivity index (χ1) is 9.51. The Labute approximate surface area is 116 Å². The van der Waals surface area contributed by atoms with E-state index in [9.17, 15) is 14.9 Å². The van der Waals surface area contributed by atoms with E-state index in [-0.39, 0.29) is 24.2 Å². The Balaban J connectivity index is 2.24. The number of amides is 1. The van der Waals surface area contributed by atoms with Gasteiger partial charge in [0.25, 0.3) is 5.69 Å². The minimum Gasteiger partial charge on any atom is -0.352 e. The van der Waals surface area contributed by atoms with E-state index in [0.717, 1.165) is 11.8 Å². The zero-order valence-corrected chi connectivity index (χ0v) is 11.5. The second-order valence-corrected chi connectivity index (χ2v) is 4.82. The Hall–Kier alpha value is -2.37. The Kier molecular flexibility index (Phi) is 4.02. The molecule has 0 aliphatic heterocycles. The highest BCUT2D eigenvalue weighted by Gasteiger charge is 2.12. The molecule has 1 unspecified atom stereocenters. The number of carbonyl (C=O) groups excluding carboxylic acids is 1. The van der Waals surface area contributed by atoms with Crippen LogP contribution in [-0.2, 0) is 11.3 Å². The van der Waals surface area contributed by atoms with Gasteiger partial charge in [-0.15, -0.1) is 0 Å². The fraction of sp³-hybridized carbons (Fsp3) is 0.357. The summed E-state index contributed by atoms with van der Waals surface area (Å²) in [6.45, 7) is 4.10. The van der Waals surface area contributed by atoms with Crippen molar-refractivity contribution in [2.24, 2.45) is 0 Å². The van der Waals surface area contributed by atoms with Gasteiger partial charge in [-0.2, -0.15) is 0 Å². The number of nitrogens with one attached hydrogen (secondary N) is 1. The van der Waals surface area contributed by atoms with Gasteiger partial charge in [-0.05, 0) is 25.5 Å². The molecule has 1 heterocycles. The van der Waals surface area contributed by atoms with Crippen molar-refractivity contribution in [3.8, 4) is 0 Å². The molecule has 6 nitrogen and oxygen atoms in total. The lowest BCUT2D eigenvalue weighted by molar-refractivity contribution is -0.384. The maximum atomic E-state index is 11.9. The molecule has 20 heavy (non-hydrogen) atoms. The van der Waals surface area contributed by atoms with Crippen LogP contribution in [0.1, 0.15) is 20.3 Å². The summed E-state index contributed by atoms with van der Waals surface area (Å²) in [5.41, 5.74) is 0.721. The van der Waals surface area contributed by atoms with E-state index in [4.69, 9.17) is 0 Å². The fourth-order valence-corrected chi connectivity index (χ4v) is 2.00. The van der Waals surface area contributed by atoms with Crippen molar-refractivity contribution in [1.82, 2.24) is 9.88 Å². The average Bonchev–Trinajstić information content (AvgIpc) is 2.80. The summed E-state index contributed by atoms with van der Waals surface area (Å²) in [6, 6.07) is 6.61. The lowest BCUT2D eigenvalue weighted by Crippen LogP contribution is -2.34. The number of rotatable bonds is 5. The largest absolute Gasteiger partial charge is 0.352 e. The summed E-state index contributed by atoms with van der Waals surface area (Å²) in [4.78, 5) is 22.2. The zero-order chi connectivity index (χ0) is 14.7. The van der Waals surface area contributed by atoms with Crippen LogP contribution in [0.2, 0.25) is 0 Å². The molecule has 0 bridgehead atoms. The smallest absolute Gasteiger partial charge is 0.271 e. The summed E-state index contributed by atoms with van der Waals surface area (Å²) in [7, 11) is 0. The predicted octanol–water partition coefficient (Wildman–Crippen LogP) is 2.46. The number of benzene rings is 1. The number of hydrogen-bond donors (Lipinski definition) is 1. The topological polar surface area (TPSA) is 77.2 Å². The molecule has 2 rings (SSSR count). The summed E-state index contributed by atoms with van der Waals surface area (Å²) < 4.78 is 1.72. The molecule has 0 saturated carbocycles. The summed E-state index contributed by atoms with van der Waals surface area (Å²) in [5.74, 6) is -0.0941. The molecule has 1 atom stereocenters. The molecule has 1 N–H and O–H groups in total. The van der Waals surface area contributed by atoms with E-state index in [2.05, 4.69) is 5.32 Å². The van der Waals surface area contributed by atoms with Crippen LogP contribution >= 0.6 is 0 Å². The van der Waals surface area contributed by atoms with Gasteiger partial charge in [0, 0.05) is 29.8 Å². The van der Waals surface area contributed by atoms with Crippen LogP contribution in [0.5, 0.6) is 0 Å². The van der Waals surface area contributed by atoms with Crippen molar-refractivity contribution in [3.05, 3.63) is 40.6 Å². The average molecular weight is 275 g/mol. The third-order valence-corrected chi connectivity index (χ3v) is 3.30. The molecule has 0 saturated heterocycles. The SMILES string of the molecule is CCC(C)NC(=O)Cn1ccc2ccc([N+](=O)[O-])cc21. The van der Waals surface area contributed by atoms with Crippen molar-refractivity contribution in [2.75, 3.05) is 0 Å². The van der Waals surface area contributed by atoms with Crippen LogP contribution in [0, 0.1) is 10.1 Å². The van der Waals surface area contributed by atoms with E-state index in [1.54, 1.807) is 16.8 Å². The highest BCUT2D eigenvalue weighted by Crippen LogP contribution is 2.21. The second kappa shape index (κ2) is 5.73. The highest BCUT2D eigenvalue weighted by atomic mass is 16.6. The van der Waals surface area contributed by atoms with Crippen LogP contribution in [0.25, 0.3) is 10.9 Å². The van der Waals surface area contributed by atoms with E-state index < -0.39 is 4.92 Å². The minimum atomic E-state index is -0.435. The number of hydrogen-bond acceptors (Lipinski definition) is 3. The number of nitrogens with zero attached hydrogens (tertiary/aromatic N) is 2. The first-order valence-corrected chi connectivity index (χ1v) is 6.54. The van der Waals surface area contributed by atoms with E-state index >= 15 is 0 Å². The van der Waals surface area contributed by atoms with E-state index in [0.29, 0.717) is 5.52 Å². The van der Waals surface area contributed by atoms with Crippen molar-refractivity contribution < 1.29 is 9.72 Å². The van der Waals surface area contributed by atoms with Crippen molar-refractivity contribution >= 4 is 22.5 Å². The number of aromatic nitrogens is 1. The van der Waals surface area contributed by atoms with E-state index in [1.807, 2.05) is 19.9 Å². The van der Waals surface area contributed by atoms with Gasteiger partial charge < -0.3 is 9.88 Å². The van der Waals surface area contributed by atoms with Crippen molar-refractivity contribution in [2.45, 2.75) is 32.9 Å². The van der Waals surface area contributed by atoms with Gasteiger partial charge in [-0.25, -0.2) is 0 Å². The molecule has 0 aliphatic rings. The van der Waals surface area contributed by atoms with Crippen LogP contribution in [-0.4, -0.2) is 21.4 Å². The molecule has 6 heteroatoms. The minimum absolute atomic E-state index is 0.0276. The van der Waals surface area contributed by atoms with Gasteiger partial charge in [-0.1, -0.05) is 6.92 Å². The fourth-order valence-electron chi connectivity index (χ4n) is 2.00. The molecule has 2 aromatic rings. The molecule has 1 aromatic carbocycles. The van der Waals surface area contributed by atoms with Crippen LogP contribution in [0.4, 0.5) is 5.69 Å². The monoisotopic (exact) mass is 275 g/mol. The molecular formula is C14H17N3O3. The molecule has 106 valence electrons. The van der Waals surface area contributed by atoms with Gasteiger partial charge in [0.15, 0.2) is 0 Å². The quantitative estimate of drug-likeness (QED) is 0.672. The lowest BCUT2D eigenvalue weighted by Gasteiger charge is -2.12. The summed E-state index contributed by atoms with van der Waals surface area (Å²) in [5, 5.41) is 14.6. The van der Waals surface area contributed by atoms with Gasteiger partial charge in [0.05, 0.1) is 10.4 Å². The highest BCUT2D eigenvalue weighted by molar-refractivity contribution is 5.85. The second-order valence-electron chi connectivity index (χ2n) is 4.82. The summed E-state index contributed by atoms with van der Waals surface area (Å²) >= 11 is 0.